The Hall–Kier alpha value is -2.59. The van der Waals surface area contributed by atoms with E-state index in [1.807, 2.05) is 30.3 Å². The SMILES string of the molecule is Cc1c(-c2ccccc2)[n+](=O)c(-c2ccc(Cl)cc2)c(C)n1O. The molecule has 4 nitrogen and oxygen atoms in total. The molecule has 0 amide bonds. The molecule has 1 N–H and O–H groups in total. The molecule has 0 saturated heterocycles. The quantitative estimate of drug-likeness (QED) is 0.565. The van der Waals surface area contributed by atoms with Gasteiger partial charge >= 0.3 is 0 Å². The average molecular weight is 328 g/mol. The summed E-state index contributed by atoms with van der Waals surface area (Å²) in [7, 11) is 0. The van der Waals surface area contributed by atoms with E-state index in [1.54, 1.807) is 38.1 Å². The predicted octanol–water partition coefficient (Wildman–Crippen LogP) is 4.24. The smallest absolute Gasteiger partial charge is 0.293 e. The zero-order chi connectivity index (χ0) is 16.6. The highest BCUT2D eigenvalue weighted by atomic mass is 35.5. The first kappa shape index (κ1) is 15.3. The molecule has 2 aromatic carbocycles. The third-order valence-corrected chi connectivity index (χ3v) is 4.14. The molecule has 0 unspecified atom stereocenters. The molecular weight excluding hydrogens is 312 g/mol. The molecule has 0 aliphatic heterocycles. The van der Waals surface area contributed by atoms with E-state index in [-0.39, 0.29) is 0 Å². The summed E-state index contributed by atoms with van der Waals surface area (Å²) >= 11 is 5.92. The summed E-state index contributed by atoms with van der Waals surface area (Å²) in [5.74, 6) is 0. The molecule has 0 radical (unpaired) electrons. The third-order valence-electron chi connectivity index (χ3n) is 3.89. The third kappa shape index (κ3) is 2.62. The Bertz CT molecular complexity index is 916. The number of rotatable bonds is 2. The van der Waals surface area contributed by atoms with Crippen LogP contribution in [0.5, 0.6) is 0 Å². The maximum Gasteiger partial charge on any atom is 0.293 e. The lowest BCUT2D eigenvalue weighted by Crippen LogP contribution is -2.28. The van der Waals surface area contributed by atoms with Gasteiger partial charge in [0.15, 0.2) is 0 Å². The lowest BCUT2D eigenvalue weighted by atomic mass is 10.1. The molecule has 0 fully saturated rings. The van der Waals surface area contributed by atoms with Gasteiger partial charge in [0.1, 0.15) is 11.4 Å². The number of hydrogen-bond donors (Lipinski definition) is 1. The molecule has 0 spiro atoms. The van der Waals surface area contributed by atoms with Gasteiger partial charge in [-0.05, 0) is 50.2 Å². The Morgan fingerprint density at radius 1 is 0.870 bits per heavy atom. The average Bonchev–Trinajstić information content (AvgIpc) is 2.56. The maximum atomic E-state index is 13.0. The minimum atomic E-state index is 0.397. The highest BCUT2D eigenvalue weighted by Gasteiger charge is 2.28. The minimum absolute atomic E-state index is 0.397. The van der Waals surface area contributed by atoms with E-state index >= 15 is 0 Å². The van der Waals surface area contributed by atoms with Crippen LogP contribution in [0.2, 0.25) is 5.02 Å². The zero-order valence-electron chi connectivity index (χ0n) is 12.8. The van der Waals surface area contributed by atoms with Crippen molar-refractivity contribution in [2.75, 3.05) is 0 Å². The van der Waals surface area contributed by atoms with Gasteiger partial charge in [0.2, 0.25) is 0 Å². The standard InChI is InChI=1S/C18H16ClN2O2/c1-12-17(14-6-4-3-5-7-14)21(23)18(13(2)20(12)22)15-8-10-16(19)11-9-15/h3-11,22H,1-2H3/q+1. The number of nitrogens with zero attached hydrogens (tertiary/aromatic N) is 2. The maximum absolute atomic E-state index is 13.0. The van der Waals surface area contributed by atoms with Crippen LogP contribution in [-0.4, -0.2) is 9.94 Å². The summed E-state index contributed by atoms with van der Waals surface area (Å²) in [5.41, 5.74) is 3.22. The van der Waals surface area contributed by atoms with E-state index in [2.05, 4.69) is 0 Å². The van der Waals surface area contributed by atoms with Gasteiger partial charge < -0.3 is 5.21 Å². The Kier molecular flexibility index (Phi) is 3.92. The summed E-state index contributed by atoms with van der Waals surface area (Å²) in [6, 6.07) is 16.3. The second-order valence-corrected chi connectivity index (χ2v) is 5.78. The van der Waals surface area contributed by atoms with Crippen molar-refractivity contribution >= 4 is 11.6 Å². The van der Waals surface area contributed by atoms with Crippen LogP contribution in [0.4, 0.5) is 0 Å². The molecular formula is C18H16ClN2O2+. The van der Waals surface area contributed by atoms with Crippen LogP contribution in [-0.2, 0) is 0 Å². The van der Waals surface area contributed by atoms with Gasteiger partial charge in [-0.2, -0.15) is 4.73 Å². The van der Waals surface area contributed by atoms with Crippen LogP contribution in [0.15, 0.2) is 54.6 Å². The van der Waals surface area contributed by atoms with Crippen molar-refractivity contribution in [1.29, 1.82) is 0 Å². The fourth-order valence-electron chi connectivity index (χ4n) is 2.71. The molecule has 5 heteroatoms. The van der Waals surface area contributed by atoms with Gasteiger partial charge in [0.05, 0.1) is 15.6 Å². The number of halogens is 1. The van der Waals surface area contributed by atoms with Crippen LogP contribution < -0.4 is 4.43 Å². The monoisotopic (exact) mass is 327 g/mol. The second-order valence-electron chi connectivity index (χ2n) is 5.35. The first-order chi connectivity index (χ1) is 11.0. The molecule has 3 rings (SSSR count). The largest absolute Gasteiger partial charge is 0.428 e. The van der Waals surface area contributed by atoms with Gasteiger partial charge in [-0.3, -0.25) is 0 Å². The van der Waals surface area contributed by atoms with Crippen molar-refractivity contribution in [3.63, 3.8) is 0 Å². The van der Waals surface area contributed by atoms with Crippen molar-refractivity contribution in [3.05, 3.63) is 75.9 Å². The van der Waals surface area contributed by atoms with Gasteiger partial charge in [-0.15, -0.1) is 0 Å². The molecule has 0 bridgehead atoms. The zero-order valence-corrected chi connectivity index (χ0v) is 13.6. The topological polar surface area (TPSA) is 48.1 Å². The molecule has 1 aromatic heterocycles. The summed E-state index contributed by atoms with van der Waals surface area (Å²) in [6.07, 6.45) is 0. The van der Waals surface area contributed by atoms with E-state index in [1.165, 1.54) is 0 Å². The number of benzene rings is 2. The molecule has 0 atom stereocenters. The molecule has 3 aromatic rings. The molecule has 0 aliphatic rings. The predicted molar refractivity (Wildman–Crippen MR) is 90.3 cm³/mol. The van der Waals surface area contributed by atoms with E-state index in [4.69, 9.17) is 11.6 Å². The van der Waals surface area contributed by atoms with Gasteiger partial charge in [0.25, 0.3) is 11.4 Å². The van der Waals surface area contributed by atoms with Crippen LogP contribution >= 0.6 is 11.6 Å². The summed E-state index contributed by atoms with van der Waals surface area (Å²) in [4.78, 5) is 13.0. The molecule has 23 heavy (non-hydrogen) atoms. The van der Waals surface area contributed by atoms with Crippen molar-refractivity contribution in [3.8, 4) is 22.5 Å². The van der Waals surface area contributed by atoms with Gasteiger partial charge in [-0.1, -0.05) is 29.8 Å². The normalized spacial score (nSPS) is 10.7. The fraction of sp³-hybridized carbons (Fsp3) is 0.111. The fourth-order valence-corrected chi connectivity index (χ4v) is 2.84. The number of hydrogen-bond acceptors (Lipinski definition) is 2. The van der Waals surface area contributed by atoms with E-state index in [9.17, 15) is 10.1 Å². The first-order valence-corrected chi connectivity index (χ1v) is 7.58. The summed E-state index contributed by atoms with van der Waals surface area (Å²) in [6.45, 7) is 3.43. The highest BCUT2D eigenvalue weighted by Crippen LogP contribution is 2.26. The Balaban J connectivity index is 2.36. The van der Waals surface area contributed by atoms with E-state index in [0.717, 1.165) is 14.7 Å². The van der Waals surface area contributed by atoms with Crippen molar-refractivity contribution in [2.45, 2.75) is 13.8 Å². The van der Waals surface area contributed by atoms with Crippen molar-refractivity contribution in [2.24, 2.45) is 0 Å². The van der Waals surface area contributed by atoms with E-state index in [0.29, 0.717) is 33.4 Å². The molecule has 1 heterocycles. The molecule has 116 valence electrons. The highest BCUT2D eigenvalue weighted by molar-refractivity contribution is 6.30. The lowest BCUT2D eigenvalue weighted by Gasteiger charge is -2.09. The van der Waals surface area contributed by atoms with Gasteiger partial charge in [-0.25, -0.2) is 0 Å². The van der Waals surface area contributed by atoms with Crippen LogP contribution in [0, 0.1) is 18.8 Å². The van der Waals surface area contributed by atoms with Crippen LogP contribution in [0.25, 0.3) is 22.5 Å². The van der Waals surface area contributed by atoms with Gasteiger partial charge in [0, 0.05) is 9.93 Å². The minimum Gasteiger partial charge on any atom is -0.428 e. The number of aromatic nitrogens is 2. The lowest BCUT2D eigenvalue weighted by molar-refractivity contribution is -0.472. The summed E-state index contributed by atoms with van der Waals surface area (Å²) < 4.78 is 1.93. The first-order valence-electron chi connectivity index (χ1n) is 7.20. The van der Waals surface area contributed by atoms with Crippen molar-refractivity contribution in [1.82, 2.24) is 4.73 Å². The molecule has 0 aliphatic carbocycles. The Morgan fingerprint density at radius 3 is 1.87 bits per heavy atom. The van der Waals surface area contributed by atoms with E-state index < -0.39 is 0 Å². The van der Waals surface area contributed by atoms with Crippen molar-refractivity contribution < 1.29 is 9.63 Å². The Morgan fingerprint density at radius 2 is 1.35 bits per heavy atom. The van der Waals surface area contributed by atoms with Crippen LogP contribution in [0.3, 0.4) is 0 Å². The van der Waals surface area contributed by atoms with Crippen LogP contribution in [0.1, 0.15) is 11.4 Å². The summed E-state index contributed by atoms with van der Waals surface area (Å²) in [5, 5.41) is 11.0. The Labute approximate surface area is 138 Å². The molecule has 0 saturated carbocycles. The second kappa shape index (κ2) is 5.89.